The van der Waals surface area contributed by atoms with Gasteiger partial charge in [0.05, 0.1) is 8.07 Å². The molecule has 0 aromatic heterocycles. The molecule has 0 amide bonds. The van der Waals surface area contributed by atoms with E-state index in [2.05, 4.69) is 50.0 Å². The van der Waals surface area contributed by atoms with Crippen molar-refractivity contribution in [3.8, 4) is 5.75 Å². The molecule has 0 fully saturated rings. The molecular formula is C23H25O2PSi. The van der Waals surface area contributed by atoms with Crippen molar-refractivity contribution in [2.75, 3.05) is 0 Å². The molecule has 0 spiro atoms. The molecule has 1 atom stereocenters. The number of carbonyl (C=O) groups is 1. The van der Waals surface area contributed by atoms with E-state index in [4.69, 9.17) is 4.74 Å². The number of aldehydes is 1. The third kappa shape index (κ3) is 5.15. The van der Waals surface area contributed by atoms with Crippen molar-refractivity contribution in [3.05, 3.63) is 83.9 Å². The summed E-state index contributed by atoms with van der Waals surface area (Å²) in [5.41, 5.74) is 1.90. The molecule has 0 saturated heterocycles. The predicted molar refractivity (Wildman–Crippen MR) is 120 cm³/mol. The van der Waals surface area contributed by atoms with Crippen LogP contribution in [0.5, 0.6) is 5.75 Å². The summed E-state index contributed by atoms with van der Waals surface area (Å²) in [5.74, 6) is 0.903. The van der Waals surface area contributed by atoms with Crippen LogP contribution in [-0.2, 0) is 6.61 Å². The summed E-state index contributed by atoms with van der Waals surface area (Å²) < 4.78 is 6.17. The minimum absolute atomic E-state index is 0.390. The molecule has 0 aliphatic heterocycles. The first-order valence-corrected chi connectivity index (χ1v) is 13.6. The zero-order chi connectivity index (χ0) is 19.3. The summed E-state index contributed by atoms with van der Waals surface area (Å²) >= 11 is 0. The fourth-order valence-electron chi connectivity index (χ4n) is 2.81. The fraction of sp³-hybridized carbons (Fsp3) is 0.174. The molecule has 0 N–H and O–H groups in total. The van der Waals surface area contributed by atoms with E-state index in [0.717, 1.165) is 28.5 Å². The van der Waals surface area contributed by atoms with Crippen LogP contribution in [0.3, 0.4) is 0 Å². The van der Waals surface area contributed by atoms with Crippen molar-refractivity contribution in [2.45, 2.75) is 26.2 Å². The average molecular weight is 393 g/mol. The topological polar surface area (TPSA) is 26.3 Å². The number of benzene rings is 3. The summed E-state index contributed by atoms with van der Waals surface area (Å²) in [5, 5.41) is 3.63. The molecule has 0 aliphatic carbocycles. The van der Waals surface area contributed by atoms with Gasteiger partial charge < -0.3 is 4.74 Å². The van der Waals surface area contributed by atoms with E-state index >= 15 is 0 Å². The Morgan fingerprint density at radius 1 is 0.889 bits per heavy atom. The number of hydrogen-bond donors (Lipinski definition) is 0. The SMILES string of the molecule is C[Si](C)(C)c1ccc(OCc2ccccc2)c(Pc2ccccc2C=O)c1. The van der Waals surface area contributed by atoms with E-state index in [-0.39, 0.29) is 0 Å². The minimum atomic E-state index is -1.43. The largest absolute Gasteiger partial charge is 0.488 e. The van der Waals surface area contributed by atoms with Crippen LogP contribution in [0.4, 0.5) is 0 Å². The second-order valence-electron chi connectivity index (χ2n) is 7.57. The van der Waals surface area contributed by atoms with Gasteiger partial charge in [0.15, 0.2) is 6.29 Å². The molecule has 0 saturated carbocycles. The molecule has 3 aromatic rings. The Labute approximate surface area is 164 Å². The monoisotopic (exact) mass is 392 g/mol. The van der Waals surface area contributed by atoms with Crippen molar-refractivity contribution < 1.29 is 9.53 Å². The first-order chi connectivity index (χ1) is 13.0. The quantitative estimate of drug-likeness (QED) is 0.341. The van der Waals surface area contributed by atoms with Gasteiger partial charge in [-0.3, -0.25) is 4.79 Å². The lowest BCUT2D eigenvalue weighted by molar-refractivity contribution is 0.112. The maximum absolute atomic E-state index is 11.4. The number of rotatable bonds is 7. The van der Waals surface area contributed by atoms with Gasteiger partial charge >= 0.3 is 0 Å². The molecule has 3 aromatic carbocycles. The van der Waals surface area contributed by atoms with Gasteiger partial charge in [0.1, 0.15) is 12.4 Å². The average Bonchev–Trinajstić information content (AvgIpc) is 2.67. The Hall–Kier alpha value is -2.22. The van der Waals surface area contributed by atoms with E-state index in [0.29, 0.717) is 15.2 Å². The molecule has 27 heavy (non-hydrogen) atoms. The van der Waals surface area contributed by atoms with Crippen LogP contribution in [-0.4, -0.2) is 14.4 Å². The van der Waals surface area contributed by atoms with E-state index in [1.54, 1.807) is 0 Å². The molecule has 4 heteroatoms. The number of ether oxygens (including phenoxy) is 1. The van der Waals surface area contributed by atoms with E-state index < -0.39 is 8.07 Å². The molecular weight excluding hydrogens is 367 g/mol. The van der Waals surface area contributed by atoms with Crippen molar-refractivity contribution in [1.82, 2.24) is 0 Å². The van der Waals surface area contributed by atoms with Gasteiger partial charge in [0, 0.05) is 10.9 Å². The molecule has 0 radical (unpaired) electrons. The predicted octanol–water partition coefficient (Wildman–Crippen LogP) is 4.25. The highest BCUT2D eigenvalue weighted by Gasteiger charge is 2.19. The van der Waals surface area contributed by atoms with Gasteiger partial charge in [-0.2, -0.15) is 0 Å². The molecule has 0 bridgehead atoms. The standard InChI is InChI=1S/C23H25O2PSi/c1-27(2,3)20-13-14-21(25-17-18-9-5-4-6-10-18)23(15-20)26-22-12-8-7-11-19(22)16-24/h4-16,26H,17H2,1-3H3. The van der Waals surface area contributed by atoms with Crippen LogP contribution < -0.4 is 20.5 Å². The van der Waals surface area contributed by atoms with E-state index in [9.17, 15) is 4.79 Å². The van der Waals surface area contributed by atoms with Crippen molar-refractivity contribution >= 4 is 38.7 Å². The second-order valence-corrected chi connectivity index (χ2v) is 14.0. The fourth-order valence-corrected chi connectivity index (χ4v) is 5.38. The van der Waals surface area contributed by atoms with Crippen LogP contribution in [0.2, 0.25) is 19.6 Å². The summed E-state index contributed by atoms with van der Waals surface area (Å²) in [4.78, 5) is 11.4. The summed E-state index contributed by atoms with van der Waals surface area (Å²) in [6, 6.07) is 24.6. The Balaban J connectivity index is 1.93. The Morgan fingerprint density at radius 3 is 2.30 bits per heavy atom. The lowest BCUT2D eigenvalue weighted by atomic mass is 10.2. The third-order valence-corrected chi connectivity index (χ3v) is 7.87. The van der Waals surface area contributed by atoms with Gasteiger partial charge in [-0.1, -0.05) is 100 Å². The van der Waals surface area contributed by atoms with Gasteiger partial charge in [-0.05, 0) is 16.9 Å². The number of carbonyl (C=O) groups excluding carboxylic acids is 1. The maximum Gasteiger partial charge on any atom is 0.150 e. The lowest BCUT2D eigenvalue weighted by Crippen LogP contribution is -2.39. The summed E-state index contributed by atoms with van der Waals surface area (Å²) in [7, 11) is -1.04. The maximum atomic E-state index is 11.4. The Kier molecular flexibility index (Phi) is 6.25. The van der Waals surface area contributed by atoms with Crippen LogP contribution >= 0.6 is 8.58 Å². The lowest BCUT2D eigenvalue weighted by Gasteiger charge is -2.20. The summed E-state index contributed by atoms with van der Waals surface area (Å²) in [6.07, 6.45) is 0.940. The van der Waals surface area contributed by atoms with E-state index in [1.807, 2.05) is 42.5 Å². The smallest absolute Gasteiger partial charge is 0.150 e. The highest BCUT2D eigenvalue weighted by molar-refractivity contribution is 7.56. The van der Waals surface area contributed by atoms with Crippen molar-refractivity contribution in [3.63, 3.8) is 0 Å². The molecule has 0 heterocycles. The van der Waals surface area contributed by atoms with Gasteiger partial charge in [0.25, 0.3) is 0 Å². The highest BCUT2D eigenvalue weighted by atomic mass is 31.1. The minimum Gasteiger partial charge on any atom is -0.488 e. The van der Waals surface area contributed by atoms with Gasteiger partial charge in [-0.15, -0.1) is 0 Å². The molecule has 0 aliphatic rings. The van der Waals surface area contributed by atoms with Gasteiger partial charge in [-0.25, -0.2) is 0 Å². The molecule has 2 nitrogen and oxygen atoms in total. The van der Waals surface area contributed by atoms with Crippen LogP contribution in [0, 0.1) is 0 Å². The zero-order valence-corrected chi connectivity index (χ0v) is 18.0. The van der Waals surface area contributed by atoms with Crippen molar-refractivity contribution in [2.24, 2.45) is 0 Å². The van der Waals surface area contributed by atoms with Gasteiger partial charge in [0.2, 0.25) is 0 Å². The number of hydrogen-bond acceptors (Lipinski definition) is 2. The Morgan fingerprint density at radius 2 is 1.59 bits per heavy atom. The van der Waals surface area contributed by atoms with Crippen LogP contribution in [0.1, 0.15) is 15.9 Å². The van der Waals surface area contributed by atoms with Crippen LogP contribution in [0.15, 0.2) is 72.8 Å². The first kappa shape index (κ1) is 19.5. The molecule has 3 rings (SSSR count). The Bertz CT molecular complexity index is 917. The van der Waals surface area contributed by atoms with E-state index in [1.165, 1.54) is 10.5 Å². The first-order valence-electron chi connectivity index (χ1n) is 9.10. The summed E-state index contributed by atoms with van der Waals surface area (Å²) in [6.45, 7) is 7.58. The van der Waals surface area contributed by atoms with Crippen molar-refractivity contribution in [1.29, 1.82) is 0 Å². The highest BCUT2D eigenvalue weighted by Crippen LogP contribution is 2.22. The zero-order valence-electron chi connectivity index (χ0n) is 16.0. The van der Waals surface area contributed by atoms with Crippen LogP contribution in [0.25, 0.3) is 0 Å². The third-order valence-electron chi connectivity index (χ3n) is 4.44. The molecule has 1 unspecified atom stereocenters. The molecule has 138 valence electrons. The normalized spacial score (nSPS) is 11.7. The second kappa shape index (κ2) is 8.64.